The van der Waals surface area contributed by atoms with E-state index in [0.29, 0.717) is 0 Å². The molecule has 0 bridgehead atoms. The zero-order valence-corrected chi connectivity index (χ0v) is 11.9. The van der Waals surface area contributed by atoms with Gasteiger partial charge in [-0.1, -0.05) is 0 Å². The van der Waals surface area contributed by atoms with Crippen molar-refractivity contribution in [1.29, 1.82) is 0 Å². The fraction of sp³-hybridized carbons (Fsp3) is 0.500. The number of aryl methyl sites for hydroxylation is 1. The van der Waals surface area contributed by atoms with Crippen LogP contribution in [0.2, 0.25) is 0 Å². The van der Waals surface area contributed by atoms with Crippen molar-refractivity contribution in [2.24, 2.45) is 14.1 Å². The van der Waals surface area contributed by atoms with Gasteiger partial charge < -0.3 is 9.67 Å². The first kappa shape index (κ1) is 13.9. The summed E-state index contributed by atoms with van der Waals surface area (Å²) < 4.78 is 16.2. The molecule has 2 aromatic heterocycles. The minimum Gasteiger partial charge on any atom is -0.389 e. The Morgan fingerprint density at radius 3 is 2.58 bits per heavy atom. The molecule has 7 nitrogen and oxygen atoms in total. The smallest absolute Gasteiger partial charge is 0.332 e. The molecule has 0 aromatic carbocycles. The van der Waals surface area contributed by atoms with Crippen LogP contribution >= 0.6 is 15.9 Å². The SMILES string of the molecule is Cn1c(=O)c2c(nc(Br)n2C[C@@H](O)CF)n(C)c1=O. The van der Waals surface area contributed by atoms with Crippen LogP contribution in [0.25, 0.3) is 11.2 Å². The van der Waals surface area contributed by atoms with E-state index >= 15 is 0 Å². The molecule has 0 unspecified atom stereocenters. The summed E-state index contributed by atoms with van der Waals surface area (Å²) in [5, 5.41) is 9.38. The number of halogens is 2. The van der Waals surface area contributed by atoms with Crippen molar-refractivity contribution in [3.8, 4) is 0 Å². The number of hydrogen-bond acceptors (Lipinski definition) is 4. The van der Waals surface area contributed by atoms with Gasteiger partial charge in [0.05, 0.1) is 6.54 Å². The Labute approximate surface area is 115 Å². The molecule has 0 amide bonds. The third kappa shape index (κ3) is 2.12. The highest BCUT2D eigenvalue weighted by molar-refractivity contribution is 9.10. The summed E-state index contributed by atoms with van der Waals surface area (Å²) in [6, 6.07) is 0. The van der Waals surface area contributed by atoms with Crippen molar-refractivity contribution < 1.29 is 9.50 Å². The molecule has 0 spiro atoms. The molecule has 104 valence electrons. The summed E-state index contributed by atoms with van der Waals surface area (Å²) in [6.45, 7) is -1.06. The van der Waals surface area contributed by atoms with E-state index in [4.69, 9.17) is 0 Å². The van der Waals surface area contributed by atoms with Crippen LogP contribution in [-0.4, -0.2) is 36.6 Å². The molecule has 2 aromatic rings. The molecular formula is C10H12BrFN4O3. The lowest BCUT2D eigenvalue weighted by Crippen LogP contribution is -2.37. The summed E-state index contributed by atoms with van der Waals surface area (Å²) in [5.74, 6) is 0. The summed E-state index contributed by atoms with van der Waals surface area (Å²) in [6.07, 6.45) is -1.24. The quantitative estimate of drug-likeness (QED) is 0.769. The fourth-order valence-corrected chi connectivity index (χ4v) is 2.34. The molecule has 0 saturated carbocycles. The molecule has 0 aliphatic rings. The molecule has 0 saturated heterocycles. The molecule has 1 N–H and O–H groups in total. The van der Waals surface area contributed by atoms with E-state index in [-0.39, 0.29) is 22.4 Å². The topological polar surface area (TPSA) is 82.0 Å². The van der Waals surface area contributed by atoms with Gasteiger partial charge >= 0.3 is 5.69 Å². The Balaban J connectivity index is 2.83. The lowest BCUT2D eigenvalue weighted by Gasteiger charge is -2.09. The highest BCUT2D eigenvalue weighted by Gasteiger charge is 2.19. The van der Waals surface area contributed by atoms with Gasteiger partial charge in [0.25, 0.3) is 5.56 Å². The van der Waals surface area contributed by atoms with Crippen LogP contribution in [-0.2, 0) is 20.6 Å². The monoisotopic (exact) mass is 334 g/mol. The molecule has 19 heavy (non-hydrogen) atoms. The first-order valence-corrected chi connectivity index (χ1v) is 6.23. The van der Waals surface area contributed by atoms with E-state index in [1.54, 1.807) is 0 Å². The Hall–Kier alpha value is -1.48. The van der Waals surface area contributed by atoms with Gasteiger partial charge in [-0.05, 0) is 15.9 Å². The van der Waals surface area contributed by atoms with Crippen LogP contribution in [0.15, 0.2) is 14.3 Å². The van der Waals surface area contributed by atoms with Gasteiger partial charge in [0.15, 0.2) is 15.9 Å². The molecule has 9 heteroatoms. The second-order valence-corrected chi connectivity index (χ2v) is 4.89. The van der Waals surface area contributed by atoms with Crippen molar-refractivity contribution in [1.82, 2.24) is 18.7 Å². The summed E-state index contributed by atoms with van der Waals surface area (Å²) >= 11 is 3.14. The third-order valence-electron chi connectivity index (χ3n) is 2.87. The maximum atomic E-state index is 12.4. The largest absolute Gasteiger partial charge is 0.389 e. The first-order valence-electron chi connectivity index (χ1n) is 5.44. The van der Waals surface area contributed by atoms with Gasteiger partial charge in [-0.2, -0.15) is 0 Å². The van der Waals surface area contributed by atoms with E-state index in [9.17, 15) is 19.1 Å². The molecule has 0 aliphatic carbocycles. The van der Waals surface area contributed by atoms with Gasteiger partial charge in [-0.3, -0.25) is 13.9 Å². The van der Waals surface area contributed by atoms with E-state index in [2.05, 4.69) is 20.9 Å². The van der Waals surface area contributed by atoms with Crippen LogP contribution in [0.1, 0.15) is 0 Å². The van der Waals surface area contributed by atoms with Gasteiger partial charge in [0, 0.05) is 14.1 Å². The Bertz CT molecular complexity index is 748. The van der Waals surface area contributed by atoms with Crippen LogP contribution in [0.5, 0.6) is 0 Å². The van der Waals surface area contributed by atoms with Crippen molar-refractivity contribution in [3.05, 3.63) is 25.6 Å². The van der Waals surface area contributed by atoms with Gasteiger partial charge in [0.2, 0.25) is 0 Å². The van der Waals surface area contributed by atoms with E-state index < -0.39 is 24.0 Å². The number of rotatable bonds is 3. The number of aliphatic hydroxyl groups excluding tert-OH is 1. The number of aliphatic hydroxyl groups is 1. The number of imidazole rings is 1. The Morgan fingerprint density at radius 2 is 2.00 bits per heavy atom. The second kappa shape index (κ2) is 4.89. The van der Waals surface area contributed by atoms with Gasteiger partial charge in [-0.25, -0.2) is 14.2 Å². The molecule has 2 rings (SSSR count). The summed E-state index contributed by atoms with van der Waals surface area (Å²) in [7, 11) is 2.83. The highest BCUT2D eigenvalue weighted by atomic mass is 79.9. The zero-order chi connectivity index (χ0) is 14.3. The number of nitrogens with zero attached hydrogens (tertiary/aromatic N) is 4. The van der Waals surface area contributed by atoms with Crippen LogP contribution in [0.3, 0.4) is 0 Å². The van der Waals surface area contributed by atoms with E-state index in [1.165, 1.54) is 23.2 Å². The normalized spacial score (nSPS) is 13.1. The Morgan fingerprint density at radius 1 is 1.37 bits per heavy atom. The van der Waals surface area contributed by atoms with Crippen molar-refractivity contribution in [2.75, 3.05) is 6.67 Å². The average molecular weight is 335 g/mol. The van der Waals surface area contributed by atoms with E-state index in [0.717, 1.165) is 4.57 Å². The third-order valence-corrected chi connectivity index (χ3v) is 3.48. The minimum absolute atomic E-state index is 0.124. The number of alkyl halides is 1. The first-order chi connectivity index (χ1) is 8.88. The second-order valence-electron chi connectivity index (χ2n) is 4.18. The molecule has 1 atom stereocenters. The molecule has 0 fully saturated rings. The predicted octanol–water partition coefficient (Wildman–Crippen LogP) is -0.473. The lowest BCUT2D eigenvalue weighted by atomic mass is 10.4. The zero-order valence-electron chi connectivity index (χ0n) is 10.3. The summed E-state index contributed by atoms with van der Waals surface area (Å²) in [4.78, 5) is 27.9. The van der Waals surface area contributed by atoms with Crippen molar-refractivity contribution in [2.45, 2.75) is 12.6 Å². The molecule has 0 radical (unpaired) electrons. The van der Waals surface area contributed by atoms with Gasteiger partial charge in [0.1, 0.15) is 12.8 Å². The fourth-order valence-electron chi connectivity index (χ4n) is 1.85. The molecule has 2 heterocycles. The Kier molecular flexibility index (Phi) is 3.59. The maximum Gasteiger partial charge on any atom is 0.332 e. The number of aromatic nitrogens is 4. The van der Waals surface area contributed by atoms with Gasteiger partial charge in [-0.15, -0.1) is 0 Å². The van der Waals surface area contributed by atoms with Crippen LogP contribution in [0, 0.1) is 0 Å². The van der Waals surface area contributed by atoms with Crippen molar-refractivity contribution in [3.63, 3.8) is 0 Å². The van der Waals surface area contributed by atoms with Crippen LogP contribution < -0.4 is 11.2 Å². The number of fused-ring (bicyclic) bond motifs is 1. The standard InChI is InChI=1S/C10H12BrFN4O3/c1-14-7-6(8(18)15(2)10(14)19)16(9(11)13-7)4-5(17)3-12/h5,17H,3-4H2,1-2H3/t5-/m0/s1. The van der Waals surface area contributed by atoms with Crippen LogP contribution in [0.4, 0.5) is 4.39 Å². The lowest BCUT2D eigenvalue weighted by molar-refractivity contribution is 0.122. The molecular weight excluding hydrogens is 323 g/mol. The number of hydrogen-bond donors (Lipinski definition) is 1. The predicted molar refractivity (Wildman–Crippen MR) is 69.9 cm³/mol. The minimum atomic E-state index is -1.24. The van der Waals surface area contributed by atoms with E-state index in [1.807, 2.05) is 0 Å². The summed E-state index contributed by atoms with van der Waals surface area (Å²) in [5.41, 5.74) is -0.710. The maximum absolute atomic E-state index is 12.4. The average Bonchev–Trinajstić information content (AvgIpc) is 2.71. The highest BCUT2D eigenvalue weighted by Crippen LogP contribution is 2.16. The van der Waals surface area contributed by atoms with Crippen molar-refractivity contribution >= 4 is 27.1 Å². The molecule has 0 aliphatic heterocycles.